The number of benzene rings is 1. The average molecular weight is 315 g/mol. The van der Waals surface area contributed by atoms with E-state index in [0.29, 0.717) is 30.4 Å². The van der Waals surface area contributed by atoms with Crippen LogP contribution in [0, 0.1) is 0 Å². The molecule has 0 saturated carbocycles. The fourth-order valence-electron chi connectivity index (χ4n) is 1.79. The van der Waals surface area contributed by atoms with E-state index in [1.54, 1.807) is 31.4 Å². The van der Waals surface area contributed by atoms with Crippen LogP contribution in [-0.4, -0.2) is 55.4 Å². The van der Waals surface area contributed by atoms with E-state index in [-0.39, 0.29) is 6.03 Å². The zero-order chi connectivity index (χ0) is 15.8. The van der Waals surface area contributed by atoms with Crippen molar-refractivity contribution in [2.75, 3.05) is 38.3 Å². The minimum absolute atomic E-state index is 0.376. The predicted octanol–water partition coefficient (Wildman–Crippen LogP) is 2.32. The molecule has 1 aromatic carbocycles. The minimum Gasteiger partial charge on any atom is -0.480 e. The van der Waals surface area contributed by atoms with Crippen LogP contribution in [0.5, 0.6) is 0 Å². The molecule has 0 spiro atoms. The Balaban J connectivity index is 2.97. The highest BCUT2D eigenvalue weighted by Crippen LogP contribution is 2.19. The lowest BCUT2D eigenvalue weighted by Crippen LogP contribution is -2.46. The van der Waals surface area contributed by atoms with Gasteiger partial charge in [-0.2, -0.15) is 0 Å². The Bertz CT molecular complexity index is 478. The number of amides is 2. The molecule has 7 heteroatoms. The maximum atomic E-state index is 12.5. The van der Waals surface area contributed by atoms with Gasteiger partial charge in [-0.1, -0.05) is 11.6 Å². The number of carbonyl (C=O) groups excluding carboxylic acids is 1. The highest BCUT2D eigenvalue weighted by atomic mass is 35.5. The first-order valence-electron chi connectivity index (χ1n) is 6.52. The molecule has 0 aliphatic rings. The van der Waals surface area contributed by atoms with Crippen molar-refractivity contribution in [3.8, 4) is 0 Å². The number of methoxy groups -OCH3 is 1. The van der Waals surface area contributed by atoms with E-state index in [9.17, 15) is 9.59 Å². The molecular weight excluding hydrogens is 296 g/mol. The number of likely N-dealkylation sites (N-methyl/N-ethyl adjacent to an activating group) is 1. The van der Waals surface area contributed by atoms with Gasteiger partial charge < -0.3 is 14.7 Å². The highest BCUT2D eigenvalue weighted by Gasteiger charge is 2.23. The number of hydrogen-bond acceptors (Lipinski definition) is 3. The summed E-state index contributed by atoms with van der Waals surface area (Å²) in [4.78, 5) is 26.3. The van der Waals surface area contributed by atoms with Gasteiger partial charge in [0.05, 0.1) is 6.61 Å². The van der Waals surface area contributed by atoms with Crippen LogP contribution >= 0.6 is 11.6 Å². The molecule has 116 valence electrons. The van der Waals surface area contributed by atoms with Crippen LogP contribution in [0.25, 0.3) is 0 Å². The van der Waals surface area contributed by atoms with Crippen molar-refractivity contribution >= 4 is 29.3 Å². The number of ether oxygens (including phenoxy) is 1. The number of carboxylic acids is 1. The van der Waals surface area contributed by atoms with E-state index in [4.69, 9.17) is 21.4 Å². The molecule has 0 unspecified atom stereocenters. The minimum atomic E-state index is -1.08. The van der Waals surface area contributed by atoms with Gasteiger partial charge in [-0.15, -0.1) is 0 Å². The van der Waals surface area contributed by atoms with E-state index < -0.39 is 12.5 Å². The van der Waals surface area contributed by atoms with Crippen molar-refractivity contribution in [3.05, 3.63) is 29.3 Å². The van der Waals surface area contributed by atoms with E-state index in [1.807, 2.05) is 6.92 Å². The SMILES string of the molecule is CCN(CCOC)C(=O)N(CC(=O)O)c1ccc(Cl)cc1. The largest absolute Gasteiger partial charge is 0.480 e. The number of rotatable bonds is 7. The zero-order valence-electron chi connectivity index (χ0n) is 12.1. The normalized spacial score (nSPS) is 10.2. The summed E-state index contributed by atoms with van der Waals surface area (Å²) in [5.41, 5.74) is 0.489. The Morgan fingerprint density at radius 1 is 1.29 bits per heavy atom. The van der Waals surface area contributed by atoms with Crippen molar-refractivity contribution in [3.63, 3.8) is 0 Å². The number of anilines is 1. The Morgan fingerprint density at radius 3 is 2.38 bits per heavy atom. The van der Waals surface area contributed by atoms with Gasteiger partial charge in [-0.3, -0.25) is 9.69 Å². The molecule has 6 nitrogen and oxygen atoms in total. The standard InChI is InChI=1S/C14H19ClN2O4/c1-3-16(8-9-21-2)14(20)17(10-13(18)19)12-6-4-11(15)5-7-12/h4-7H,3,8-10H2,1-2H3,(H,18,19). The third-order valence-corrected chi connectivity index (χ3v) is 3.13. The van der Waals surface area contributed by atoms with Gasteiger partial charge in [0, 0.05) is 30.9 Å². The molecule has 21 heavy (non-hydrogen) atoms. The summed E-state index contributed by atoms with van der Waals surface area (Å²) in [5.74, 6) is -1.08. The van der Waals surface area contributed by atoms with Crippen molar-refractivity contribution < 1.29 is 19.4 Å². The lowest BCUT2D eigenvalue weighted by Gasteiger charge is -2.29. The molecule has 0 aliphatic heterocycles. The summed E-state index contributed by atoms with van der Waals surface area (Å²) in [7, 11) is 1.55. The maximum absolute atomic E-state index is 12.5. The molecule has 0 aliphatic carbocycles. The third kappa shape index (κ3) is 5.24. The first-order chi connectivity index (χ1) is 9.99. The van der Waals surface area contributed by atoms with Crippen molar-refractivity contribution in [1.29, 1.82) is 0 Å². The number of urea groups is 1. The Kier molecular flexibility index (Phi) is 6.98. The number of carboxylic acid groups (broad SMARTS) is 1. The highest BCUT2D eigenvalue weighted by molar-refractivity contribution is 6.30. The van der Waals surface area contributed by atoms with Crippen LogP contribution in [0.2, 0.25) is 5.02 Å². The van der Waals surface area contributed by atoms with Gasteiger partial charge in [-0.25, -0.2) is 4.79 Å². The third-order valence-electron chi connectivity index (χ3n) is 2.88. The number of halogens is 1. The van der Waals surface area contributed by atoms with E-state index in [0.717, 1.165) is 0 Å². The lowest BCUT2D eigenvalue weighted by molar-refractivity contribution is -0.135. The zero-order valence-corrected chi connectivity index (χ0v) is 12.8. The summed E-state index contributed by atoms with van der Waals surface area (Å²) in [6.45, 7) is 2.67. The van der Waals surface area contributed by atoms with Gasteiger partial charge in [0.25, 0.3) is 0 Å². The average Bonchev–Trinajstić information content (AvgIpc) is 2.46. The smallest absolute Gasteiger partial charge is 0.325 e. The maximum Gasteiger partial charge on any atom is 0.325 e. The molecule has 1 aromatic rings. The first kappa shape index (κ1) is 17.3. The molecule has 0 fully saturated rings. The van der Waals surface area contributed by atoms with Crippen LogP contribution < -0.4 is 4.90 Å². The molecule has 0 radical (unpaired) electrons. The molecule has 1 rings (SSSR count). The van der Waals surface area contributed by atoms with Gasteiger partial charge in [-0.05, 0) is 31.2 Å². The number of carbonyl (C=O) groups is 2. The van der Waals surface area contributed by atoms with E-state index in [1.165, 1.54) is 9.80 Å². The molecular formula is C14H19ClN2O4. The molecule has 0 heterocycles. The first-order valence-corrected chi connectivity index (χ1v) is 6.90. The summed E-state index contributed by atoms with van der Waals surface area (Å²) in [5, 5.41) is 9.54. The number of nitrogens with zero attached hydrogens (tertiary/aromatic N) is 2. The Morgan fingerprint density at radius 2 is 1.90 bits per heavy atom. The topological polar surface area (TPSA) is 70.1 Å². The summed E-state index contributed by atoms with van der Waals surface area (Å²) in [6, 6.07) is 6.09. The van der Waals surface area contributed by atoms with Crippen molar-refractivity contribution in [2.45, 2.75) is 6.92 Å². The molecule has 0 atom stereocenters. The van der Waals surface area contributed by atoms with Crippen LogP contribution in [0.15, 0.2) is 24.3 Å². The van der Waals surface area contributed by atoms with Gasteiger partial charge in [0.1, 0.15) is 6.54 Å². The van der Waals surface area contributed by atoms with Crippen LogP contribution in [0.1, 0.15) is 6.92 Å². The quantitative estimate of drug-likeness (QED) is 0.838. The van der Waals surface area contributed by atoms with Gasteiger partial charge in [0.2, 0.25) is 0 Å². The second-order valence-electron chi connectivity index (χ2n) is 4.31. The predicted molar refractivity (Wildman–Crippen MR) is 81.0 cm³/mol. The second-order valence-corrected chi connectivity index (χ2v) is 4.75. The van der Waals surface area contributed by atoms with E-state index >= 15 is 0 Å². The number of hydrogen-bond donors (Lipinski definition) is 1. The van der Waals surface area contributed by atoms with Crippen LogP contribution in [-0.2, 0) is 9.53 Å². The second kappa shape index (κ2) is 8.49. The Hall–Kier alpha value is -1.79. The fourth-order valence-corrected chi connectivity index (χ4v) is 1.91. The summed E-state index contributed by atoms with van der Waals surface area (Å²) in [6.07, 6.45) is 0. The number of aliphatic carboxylic acids is 1. The van der Waals surface area contributed by atoms with Crippen molar-refractivity contribution in [2.24, 2.45) is 0 Å². The summed E-state index contributed by atoms with van der Waals surface area (Å²) >= 11 is 5.81. The van der Waals surface area contributed by atoms with Crippen LogP contribution in [0.3, 0.4) is 0 Å². The lowest BCUT2D eigenvalue weighted by atomic mass is 10.3. The fraction of sp³-hybridized carbons (Fsp3) is 0.429. The molecule has 2 amide bonds. The molecule has 0 aromatic heterocycles. The Labute approximate surface area is 128 Å². The van der Waals surface area contributed by atoms with Crippen LogP contribution in [0.4, 0.5) is 10.5 Å². The monoisotopic (exact) mass is 314 g/mol. The van der Waals surface area contributed by atoms with Gasteiger partial charge >= 0.3 is 12.0 Å². The summed E-state index contributed by atoms with van der Waals surface area (Å²) < 4.78 is 4.96. The van der Waals surface area contributed by atoms with E-state index in [2.05, 4.69) is 0 Å². The molecule has 0 saturated heterocycles. The molecule has 1 N–H and O–H groups in total. The molecule has 0 bridgehead atoms. The van der Waals surface area contributed by atoms with Crippen molar-refractivity contribution in [1.82, 2.24) is 4.90 Å². The van der Waals surface area contributed by atoms with Gasteiger partial charge in [0.15, 0.2) is 0 Å².